The third-order valence-corrected chi connectivity index (χ3v) is 5.99. The average Bonchev–Trinajstić information content (AvgIpc) is 2.97. The second kappa shape index (κ2) is 6.92. The van der Waals surface area contributed by atoms with Crippen molar-refractivity contribution in [3.63, 3.8) is 0 Å². The third-order valence-electron chi connectivity index (χ3n) is 4.68. The summed E-state index contributed by atoms with van der Waals surface area (Å²) in [5, 5.41) is 1.20. The highest BCUT2D eigenvalue weighted by atomic mass is 32.2. The first-order chi connectivity index (χ1) is 12.2. The molecule has 1 aromatic heterocycles. The standard InChI is InChI=1S/C20H19FN2OS/c21-17-4-2-1-3-16(17)19-8-10-23(11-12-25-19)20(24)15-6-5-14-7-9-22-18(14)13-15/h1-7,9,13,19,22H,8,10-12H2. The van der Waals surface area contributed by atoms with Crippen molar-refractivity contribution >= 4 is 28.6 Å². The molecule has 25 heavy (non-hydrogen) atoms. The zero-order chi connectivity index (χ0) is 17.2. The maximum absolute atomic E-state index is 14.0. The van der Waals surface area contributed by atoms with E-state index in [2.05, 4.69) is 4.98 Å². The Morgan fingerprint density at radius 1 is 1.16 bits per heavy atom. The van der Waals surface area contributed by atoms with Crippen molar-refractivity contribution in [1.29, 1.82) is 0 Å². The Labute approximate surface area is 150 Å². The molecule has 2 aromatic carbocycles. The van der Waals surface area contributed by atoms with Gasteiger partial charge in [0, 0.05) is 46.9 Å². The van der Waals surface area contributed by atoms with Gasteiger partial charge in [-0.3, -0.25) is 4.79 Å². The quantitative estimate of drug-likeness (QED) is 0.728. The van der Waals surface area contributed by atoms with E-state index < -0.39 is 0 Å². The van der Waals surface area contributed by atoms with Crippen LogP contribution < -0.4 is 0 Å². The molecule has 4 rings (SSSR count). The molecule has 1 fully saturated rings. The molecule has 0 radical (unpaired) electrons. The minimum Gasteiger partial charge on any atom is -0.361 e. The van der Waals surface area contributed by atoms with Crippen molar-refractivity contribution < 1.29 is 9.18 Å². The van der Waals surface area contributed by atoms with E-state index in [1.54, 1.807) is 17.8 Å². The lowest BCUT2D eigenvalue weighted by atomic mass is 10.1. The Balaban J connectivity index is 1.50. The summed E-state index contributed by atoms with van der Waals surface area (Å²) in [5.41, 5.74) is 2.41. The number of aromatic amines is 1. The molecule has 1 atom stereocenters. The van der Waals surface area contributed by atoms with E-state index in [9.17, 15) is 9.18 Å². The molecular weight excluding hydrogens is 335 g/mol. The number of benzene rings is 2. The number of amides is 1. The van der Waals surface area contributed by atoms with Gasteiger partial charge in [0.15, 0.2) is 0 Å². The van der Waals surface area contributed by atoms with Crippen LogP contribution in [0.2, 0.25) is 0 Å². The minimum atomic E-state index is -0.156. The van der Waals surface area contributed by atoms with Crippen LogP contribution in [0.25, 0.3) is 10.9 Å². The number of thioether (sulfide) groups is 1. The first-order valence-electron chi connectivity index (χ1n) is 8.45. The van der Waals surface area contributed by atoms with Crippen molar-refractivity contribution in [3.05, 3.63) is 71.7 Å². The highest BCUT2D eigenvalue weighted by Crippen LogP contribution is 2.35. The van der Waals surface area contributed by atoms with Crippen molar-refractivity contribution in [3.8, 4) is 0 Å². The fraction of sp³-hybridized carbons (Fsp3) is 0.250. The van der Waals surface area contributed by atoms with Crippen LogP contribution in [0.15, 0.2) is 54.7 Å². The number of carbonyl (C=O) groups excluding carboxylic acids is 1. The Kier molecular flexibility index (Phi) is 4.49. The molecule has 2 heterocycles. The monoisotopic (exact) mass is 354 g/mol. The van der Waals surface area contributed by atoms with Crippen molar-refractivity contribution in [1.82, 2.24) is 9.88 Å². The summed E-state index contributed by atoms with van der Waals surface area (Å²) in [6.07, 6.45) is 2.64. The Hall–Kier alpha value is -2.27. The van der Waals surface area contributed by atoms with E-state index in [-0.39, 0.29) is 17.0 Å². The number of fused-ring (bicyclic) bond motifs is 1. The maximum atomic E-state index is 14.0. The van der Waals surface area contributed by atoms with E-state index >= 15 is 0 Å². The summed E-state index contributed by atoms with van der Waals surface area (Å²) in [5.74, 6) is 0.707. The van der Waals surface area contributed by atoms with Gasteiger partial charge >= 0.3 is 0 Å². The summed E-state index contributed by atoms with van der Waals surface area (Å²) >= 11 is 1.73. The van der Waals surface area contributed by atoms with Gasteiger partial charge in [-0.25, -0.2) is 4.39 Å². The molecule has 0 saturated carbocycles. The van der Waals surface area contributed by atoms with Crippen LogP contribution >= 0.6 is 11.8 Å². The summed E-state index contributed by atoms with van der Waals surface area (Å²) in [4.78, 5) is 17.9. The van der Waals surface area contributed by atoms with E-state index in [1.807, 2.05) is 47.5 Å². The van der Waals surface area contributed by atoms with E-state index in [4.69, 9.17) is 0 Å². The van der Waals surface area contributed by atoms with Crippen LogP contribution in [0.3, 0.4) is 0 Å². The summed E-state index contributed by atoms with van der Waals surface area (Å²) in [7, 11) is 0. The summed E-state index contributed by atoms with van der Waals surface area (Å²) in [6, 6.07) is 14.7. The largest absolute Gasteiger partial charge is 0.361 e. The van der Waals surface area contributed by atoms with Gasteiger partial charge < -0.3 is 9.88 Å². The minimum absolute atomic E-state index is 0.0475. The number of carbonyl (C=O) groups is 1. The Morgan fingerprint density at radius 3 is 2.92 bits per heavy atom. The molecule has 0 bridgehead atoms. The van der Waals surface area contributed by atoms with Crippen LogP contribution in [0.5, 0.6) is 0 Å². The lowest BCUT2D eigenvalue weighted by Gasteiger charge is -2.20. The van der Waals surface area contributed by atoms with Gasteiger partial charge in [0.25, 0.3) is 5.91 Å². The number of hydrogen-bond donors (Lipinski definition) is 1. The van der Waals surface area contributed by atoms with Crippen LogP contribution in [0.1, 0.15) is 27.6 Å². The van der Waals surface area contributed by atoms with Gasteiger partial charge in [0.05, 0.1) is 0 Å². The van der Waals surface area contributed by atoms with Gasteiger partial charge in [0.2, 0.25) is 0 Å². The van der Waals surface area contributed by atoms with Gasteiger partial charge in [-0.05, 0) is 36.1 Å². The second-order valence-electron chi connectivity index (χ2n) is 6.24. The highest BCUT2D eigenvalue weighted by Gasteiger charge is 2.24. The van der Waals surface area contributed by atoms with Gasteiger partial charge in [-0.15, -0.1) is 0 Å². The molecule has 1 saturated heterocycles. The van der Waals surface area contributed by atoms with Crippen molar-refractivity contribution in [2.24, 2.45) is 0 Å². The van der Waals surface area contributed by atoms with Crippen LogP contribution in [0.4, 0.5) is 4.39 Å². The first-order valence-corrected chi connectivity index (χ1v) is 9.50. The smallest absolute Gasteiger partial charge is 0.253 e. The summed E-state index contributed by atoms with van der Waals surface area (Å²) in [6.45, 7) is 1.34. The number of rotatable bonds is 2. The number of halogens is 1. The van der Waals surface area contributed by atoms with Crippen molar-refractivity contribution in [2.75, 3.05) is 18.8 Å². The van der Waals surface area contributed by atoms with E-state index in [0.717, 1.165) is 28.6 Å². The maximum Gasteiger partial charge on any atom is 0.253 e. The molecule has 3 nitrogen and oxygen atoms in total. The van der Waals surface area contributed by atoms with Crippen LogP contribution in [0, 0.1) is 5.82 Å². The Morgan fingerprint density at radius 2 is 2.04 bits per heavy atom. The number of nitrogens with zero attached hydrogens (tertiary/aromatic N) is 1. The number of nitrogens with one attached hydrogen (secondary N) is 1. The topological polar surface area (TPSA) is 36.1 Å². The zero-order valence-electron chi connectivity index (χ0n) is 13.7. The van der Waals surface area contributed by atoms with E-state index in [1.165, 1.54) is 6.07 Å². The molecule has 5 heteroatoms. The summed E-state index contributed by atoms with van der Waals surface area (Å²) < 4.78 is 14.0. The lowest BCUT2D eigenvalue weighted by Crippen LogP contribution is -2.32. The molecular formula is C20H19FN2OS. The highest BCUT2D eigenvalue weighted by molar-refractivity contribution is 7.99. The number of H-pyrrole nitrogens is 1. The molecule has 1 N–H and O–H groups in total. The normalized spacial score (nSPS) is 18.3. The molecule has 0 aliphatic carbocycles. The van der Waals surface area contributed by atoms with Gasteiger partial charge in [0.1, 0.15) is 5.82 Å². The molecule has 1 amide bonds. The second-order valence-corrected chi connectivity index (χ2v) is 7.55. The molecule has 0 spiro atoms. The van der Waals surface area contributed by atoms with Crippen molar-refractivity contribution in [2.45, 2.75) is 11.7 Å². The third kappa shape index (κ3) is 3.29. The predicted molar refractivity (Wildman–Crippen MR) is 100 cm³/mol. The molecule has 1 aliphatic heterocycles. The molecule has 128 valence electrons. The zero-order valence-corrected chi connectivity index (χ0v) is 14.6. The fourth-order valence-corrected chi connectivity index (χ4v) is 4.57. The fourth-order valence-electron chi connectivity index (χ4n) is 3.32. The van der Waals surface area contributed by atoms with Gasteiger partial charge in [-0.2, -0.15) is 11.8 Å². The SMILES string of the molecule is O=C(c1ccc2cc[nH]c2c1)N1CCSC(c2ccccc2F)CC1. The molecule has 3 aromatic rings. The van der Waals surface area contributed by atoms with Crippen LogP contribution in [-0.2, 0) is 0 Å². The molecule has 1 aliphatic rings. The molecule has 1 unspecified atom stereocenters. The Bertz CT molecular complexity index is 907. The number of aromatic nitrogens is 1. The predicted octanol–water partition coefficient (Wildman–Crippen LogP) is 4.63. The van der Waals surface area contributed by atoms with Crippen LogP contribution in [-0.4, -0.2) is 34.6 Å². The number of hydrogen-bond acceptors (Lipinski definition) is 2. The first kappa shape index (κ1) is 16.2. The lowest BCUT2D eigenvalue weighted by molar-refractivity contribution is 0.0766. The van der Waals surface area contributed by atoms with Gasteiger partial charge in [-0.1, -0.05) is 24.3 Å². The van der Waals surface area contributed by atoms with E-state index in [0.29, 0.717) is 18.7 Å². The average molecular weight is 354 g/mol.